The normalized spacial score (nSPS) is 11.1. The van der Waals surface area contributed by atoms with E-state index >= 15 is 0 Å². The number of nitrogens with one attached hydrogen (secondary N) is 1. The lowest BCUT2D eigenvalue weighted by molar-refractivity contribution is -0.114. The Bertz CT molecular complexity index is 918. The highest BCUT2D eigenvalue weighted by atomic mass is 32.2. The smallest absolute Gasteiger partial charge is 0.245 e. The second kappa shape index (κ2) is 7.65. The molecule has 0 aromatic heterocycles. The van der Waals surface area contributed by atoms with E-state index in [-0.39, 0.29) is 5.69 Å². The fraction of sp³-hybridized carbons (Fsp3) is 0.188. The molecule has 0 spiro atoms. The maximum atomic E-state index is 13.6. The maximum absolute atomic E-state index is 13.6. The Morgan fingerprint density at radius 2 is 1.69 bits per heavy atom. The quantitative estimate of drug-likeness (QED) is 0.772. The average molecular weight is 388 g/mol. The first-order valence-electron chi connectivity index (χ1n) is 7.18. The molecule has 0 saturated carbocycles. The zero-order valence-electron chi connectivity index (χ0n) is 13.8. The van der Waals surface area contributed by atoms with Crippen molar-refractivity contribution in [2.75, 3.05) is 29.5 Å². The number of rotatable bonds is 6. The Morgan fingerprint density at radius 1 is 1.08 bits per heavy atom. The first kappa shape index (κ1) is 19.6. The Hall–Kier alpha value is -2.75. The van der Waals surface area contributed by atoms with Crippen molar-refractivity contribution in [2.24, 2.45) is 0 Å². The van der Waals surface area contributed by atoms with Gasteiger partial charge in [0.2, 0.25) is 15.9 Å². The summed E-state index contributed by atoms with van der Waals surface area (Å²) in [4.78, 5) is 12.1. The van der Waals surface area contributed by atoms with Gasteiger partial charge in [0.25, 0.3) is 0 Å². The van der Waals surface area contributed by atoms with Crippen LogP contribution in [0, 0.1) is 17.5 Å². The van der Waals surface area contributed by atoms with E-state index in [0.717, 1.165) is 16.6 Å². The molecule has 0 aliphatic carbocycles. The molecule has 0 bridgehead atoms. The number of carbonyl (C=O) groups is 1. The summed E-state index contributed by atoms with van der Waals surface area (Å²) in [7, 11) is -2.41. The van der Waals surface area contributed by atoms with Crippen molar-refractivity contribution < 1.29 is 31.1 Å². The molecule has 140 valence electrons. The van der Waals surface area contributed by atoms with Crippen molar-refractivity contribution in [1.29, 1.82) is 0 Å². The Labute approximate surface area is 148 Å². The highest BCUT2D eigenvalue weighted by Crippen LogP contribution is 2.22. The van der Waals surface area contributed by atoms with Crippen LogP contribution in [-0.2, 0) is 14.8 Å². The minimum Gasteiger partial charge on any atom is -0.497 e. The van der Waals surface area contributed by atoms with Gasteiger partial charge in [0.15, 0.2) is 17.5 Å². The number of hydrogen-bond acceptors (Lipinski definition) is 4. The minimum absolute atomic E-state index is 0.175. The Morgan fingerprint density at radius 3 is 2.23 bits per heavy atom. The van der Waals surface area contributed by atoms with Crippen LogP contribution < -0.4 is 14.4 Å². The number of ether oxygens (including phenoxy) is 1. The van der Waals surface area contributed by atoms with Gasteiger partial charge in [0.05, 0.1) is 24.7 Å². The number of sulfonamides is 1. The van der Waals surface area contributed by atoms with E-state index in [1.165, 1.54) is 31.4 Å². The number of halogens is 3. The predicted octanol–water partition coefficient (Wildman–Crippen LogP) is 2.52. The van der Waals surface area contributed by atoms with Crippen molar-refractivity contribution in [3.05, 3.63) is 53.8 Å². The van der Waals surface area contributed by atoms with Crippen LogP contribution in [0.1, 0.15) is 0 Å². The number of amides is 1. The van der Waals surface area contributed by atoms with Gasteiger partial charge in [-0.15, -0.1) is 0 Å². The molecule has 0 aliphatic rings. The third kappa shape index (κ3) is 4.45. The van der Waals surface area contributed by atoms with Gasteiger partial charge in [-0.3, -0.25) is 9.10 Å². The summed E-state index contributed by atoms with van der Waals surface area (Å²) in [5.41, 5.74) is -0.425. The van der Waals surface area contributed by atoms with E-state index in [9.17, 15) is 26.4 Å². The molecule has 26 heavy (non-hydrogen) atoms. The van der Waals surface area contributed by atoms with Crippen LogP contribution in [0.15, 0.2) is 36.4 Å². The number of benzene rings is 2. The molecule has 0 aliphatic heterocycles. The number of anilines is 2. The van der Waals surface area contributed by atoms with Gasteiger partial charge in [0.1, 0.15) is 12.3 Å². The summed E-state index contributed by atoms with van der Waals surface area (Å²) in [6.07, 6.45) is 0.892. The summed E-state index contributed by atoms with van der Waals surface area (Å²) in [6, 6.07) is 7.33. The molecular weight excluding hydrogens is 373 g/mol. The van der Waals surface area contributed by atoms with Crippen LogP contribution in [0.5, 0.6) is 5.75 Å². The van der Waals surface area contributed by atoms with E-state index in [4.69, 9.17) is 4.74 Å². The average Bonchev–Trinajstić information content (AvgIpc) is 2.59. The van der Waals surface area contributed by atoms with Gasteiger partial charge in [-0.25, -0.2) is 21.6 Å². The van der Waals surface area contributed by atoms with E-state index in [1.807, 2.05) is 5.32 Å². The molecule has 2 aromatic carbocycles. The SMILES string of the molecule is COc1ccc(N(CC(=O)Nc2ccc(F)c(F)c2F)S(C)(=O)=O)cc1. The summed E-state index contributed by atoms with van der Waals surface area (Å²) >= 11 is 0. The van der Waals surface area contributed by atoms with E-state index in [2.05, 4.69) is 0 Å². The number of hydrogen-bond donors (Lipinski definition) is 1. The molecule has 6 nitrogen and oxygen atoms in total. The molecule has 1 amide bonds. The first-order valence-corrected chi connectivity index (χ1v) is 9.03. The van der Waals surface area contributed by atoms with Crippen LogP contribution in [0.2, 0.25) is 0 Å². The molecule has 10 heteroatoms. The van der Waals surface area contributed by atoms with E-state index < -0.39 is 45.6 Å². The van der Waals surface area contributed by atoms with E-state index in [1.54, 1.807) is 0 Å². The second-order valence-electron chi connectivity index (χ2n) is 5.24. The standard InChI is InChI=1S/C16H15F3N2O4S/c1-25-11-5-3-10(4-6-11)21(26(2,23)24)9-14(22)20-13-8-7-12(17)15(18)16(13)19/h3-8H,9H2,1-2H3,(H,20,22). The molecule has 0 fully saturated rings. The molecule has 0 atom stereocenters. The van der Waals surface area contributed by atoms with Gasteiger partial charge in [0, 0.05) is 0 Å². The molecular formula is C16H15F3N2O4S. The van der Waals surface area contributed by atoms with E-state index in [0.29, 0.717) is 11.8 Å². The maximum Gasteiger partial charge on any atom is 0.245 e. The second-order valence-corrected chi connectivity index (χ2v) is 7.15. The molecule has 2 aromatic rings. The fourth-order valence-electron chi connectivity index (χ4n) is 2.09. The van der Waals surface area contributed by atoms with Crippen LogP contribution in [0.3, 0.4) is 0 Å². The zero-order valence-corrected chi connectivity index (χ0v) is 14.6. The van der Waals surface area contributed by atoms with Gasteiger partial charge in [-0.05, 0) is 36.4 Å². The molecule has 0 radical (unpaired) electrons. The third-order valence-corrected chi connectivity index (χ3v) is 4.50. The molecule has 0 saturated heterocycles. The highest BCUT2D eigenvalue weighted by Gasteiger charge is 2.22. The lowest BCUT2D eigenvalue weighted by Crippen LogP contribution is -2.37. The molecule has 0 unspecified atom stereocenters. The van der Waals surface area contributed by atoms with Crippen molar-refractivity contribution >= 4 is 27.3 Å². The van der Waals surface area contributed by atoms with Gasteiger partial charge >= 0.3 is 0 Å². The summed E-state index contributed by atoms with van der Waals surface area (Å²) in [5.74, 6) is -5.17. The summed E-state index contributed by atoms with van der Waals surface area (Å²) in [5, 5.41) is 2.02. The van der Waals surface area contributed by atoms with Gasteiger partial charge in [-0.2, -0.15) is 0 Å². The van der Waals surface area contributed by atoms with Crippen LogP contribution >= 0.6 is 0 Å². The Balaban J connectivity index is 2.23. The molecule has 1 N–H and O–H groups in total. The van der Waals surface area contributed by atoms with Crippen LogP contribution in [0.4, 0.5) is 24.5 Å². The summed E-state index contributed by atoms with van der Waals surface area (Å²) < 4.78 is 69.4. The van der Waals surface area contributed by atoms with Gasteiger partial charge in [-0.1, -0.05) is 0 Å². The molecule has 2 rings (SSSR count). The number of carbonyl (C=O) groups excluding carboxylic acids is 1. The molecule has 0 heterocycles. The Kier molecular flexibility index (Phi) is 5.76. The highest BCUT2D eigenvalue weighted by molar-refractivity contribution is 7.92. The number of nitrogens with zero attached hydrogens (tertiary/aromatic N) is 1. The minimum atomic E-state index is -3.85. The lowest BCUT2D eigenvalue weighted by Gasteiger charge is -2.22. The zero-order chi connectivity index (χ0) is 19.5. The number of methoxy groups -OCH3 is 1. The van der Waals surface area contributed by atoms with Crippen LogP contribution in [0.25, 0.3) is 0 Å². The van der Waals surface area contributed by atoms with Crippen molar-refractivity contribution in [3.8, 4) is 5.75 Å². The van der Waals surface area contributed by atoms with Crippen LogP contribution in [-0.4, -0.2) is 34.2 Å². The first-order chi connectivity index (χ1) is 12.1. The van der Waals surface area contributed by atoms with Crippen molar-refractivity contribution in [2.45, 2.75) is 0 Å². The van der Waals surface area contributed by atoms with Gasteiger partial charge < -0.3 is 10.1 Å². The monoisotopic (exact) mass is 388 g/mol. The topological polar surface area (TPSA) is 75.7 Å². The largest absolute Gasteiger partial charge is 0.497 e. The van der Waals surface area contributed by atoms with Crippen molar-refractivity contribution in [1.82, 2.24) is 0 Å². The fourth-order valence-corrected chi connectivity index (χ4v) is 2.95. The lowest BCUT2D eigenvalue weighted by atomic mass is 10.2. The predicted molar refractivity (Wildman–Crippen MR) is 90.1 cm³/mol. The summed E-state index contributed by atoms with van der Waals surface area (Å²) in [6.45, 7) is -0.691. The van der Waals surface area contributed by atoms with Crippen molar-refractivity contribution in [3.63, 3.8) is 0 Å². The third-order valence-electron chi connectivity index (χ3n) is 3.36.